The Morgan fingerprint density at radius 3 is 2.25 bits per heavy atom. The van der Waals surface area contributed by atoms with Crippen molar-refractivity contribution in [2.75, 3.05) is 7.05 Å². The van der Waals surface area contributed by atoms with Crippen LogP contribution in [0.25, 0.3) is 0 Å². The number of nitrogens with zero attached hydrogens (tertiary/aromatic N) is 1. The molecule has 0 saturated carbocycles. The first-order valence-corrected chi connectivity index (χ1v) is 7.33. The van der Waals surface area contributed by atoms with Crippen molar-refractivity contribution >= 4 is 29.1 Å². The van der Waals surface area contributed by atoms with Crippen LogP contribution in [0.1, 0.15) is 26.3 Å². The van der Waals surface area contributed by atoms with E-state index in [-0.39, 0.29) is 28.7 Å². The minimum Gasteiger partial charge on any atom is -0.355 e. The molecular weight excluding hydrogens is 334 g/mol. The van der Waals surface area contributed by atoms with E-state index >= 15 is 0 Å². The monoisotopic (exact) mass is 347 g/mol. The summed E-state index contributed by atoms with van der Waals surface area (Å²) in [5.74, 6) is -0.590. The van der Waals surface area contributed by atoms with Crippen molar-refractivity contribution in [3.8, 4) is 0 Å². The van der Waals surface area contributed by atoms with E-state index in [0.29, 0.717) is 5.56 Å². The zero-order chi connectivity index (χ0) is 17.7. The standard InChI is InChI=1S/C16H14ClN3O4/c1-18-15(21)11-4-2-10(3-5-11)9-19-16(22)12-6-7-14(20(23)24)13(17)8-12/h2-8H,9H2,1H3,(H,18,21)(H,19,22). The lowest BCUT2D eigenvalue weighted by molar-refractivity contribution is -0.384. The number of benzene rings is 2. The third kappa shape index (κ3) is 4.08. The predicted molar refractivity (Wildman–Crippen MR) is 89.1 cm³/mol. The van der Waals surface area contributed by atoms with E-state index in [9.17, 15) is 19.7 Å². The van der Waals surface area contributed by atoms with E-state index < -0.39 is 10.8 Å². The van der Waals surface area contributed by atoms with Gasteiger partial charge in [0.15, 0.2) is 0 Å². The molecule has 0 fully saturated rings. The number of nitro benzene ring substituents is 1. The maximum atomic E-state index is 12.1. The highest BCUT2D eigenvalue weighted by molar-refractivity contribution is 6.33. The van der Waals surface area contributed by atoms with Crippen LogP contribution < -0.4 is 10.6 Å². The van der Waals surface area contributed by atoms with Crippen LogP contribution in [0.2, 0.25) is 5.02 Å². The van der Waals surface area contributed by atoms with Crippen LogP contribution in [0.4, 0.5) is 5.69 Å². The molecule has 0 saturated heterocycles. The molecule has 0 bridgehead atoms. The minimum absolute atomic E-state index is 0.0948. The van der Waals surface area contributed by atoms with Gasteiger partial charge in [-0.2, -0.15) is 0 Å². The fraction of sp³-hybridized carbons (Fsp3) is 0.125. The first-order valence-electron chi connectivity index (χ1n) is 6.95. The number of hydrogen-bond acceptors (Lipinski definition) is 4. The van der Waals surface area contributed by atoms with Gasteiger partial charge in [0.05, 0.1) is 4.92 Å². The lowest BCUT2D eigenvalue weighted by Gasteiger charge is -2.07. The van der Waals surface area contributed by atoms with E-state index in [1.165, 1.54) is 18.2 Å². The molecule has 0 spiro atoms. The van der Waals surface area contributed by atoms with Gasteiger partial charge >= 0.3 is 0 Å². The molecular formula is C16H14ClN3O4. The van der Waals surface area contributed by atoms with E-state index in [1.807, 2.05) is 0 Å². The number of nitrogens with one attached hydrogen (secondary N) is 2. The molecule has 0 aliphatic rings. The summed E-state index contributed by atoms with van der Waals surface area (Å²) in [6.07, 6.45) is 0. The van der Waals surface area contributed by atoms with Gasteiger partial charge < -0.3 is 10.6 Å². The van der Waals surface area contributed by atoms with Gasteiger partial charge in [0.2, 0.25) is 0 Å². The van der Waals surface area contributed by atoms with Crippen LogP contribution in [-0.4, -0.2) is 23.8 Å². The third-order valence-corrected chi connectivity index (χ3v) is 3.61. The Kier molecular flexibility index (Phi) is 5.49. The highest BCUT2D eigenvalue weighted by atomic mass is 35.5. The maximum absolute atomic E-state index is 12.1. The van der Waals surface area contributed by atoms with E-state index in [4.69, 9.17) is 11.6 Å². The Balaban J connectivity index is 2.01. The van der Waals surface area contributed by atoms with Crippen molar-refractivity contribution in [3.05, 3.63) is 74.3 Å². The van der Waals surface area contributed by atoms with Gasteiger partial charge in [0.1, 0.15) is 5.02 Å². The van der Waals surface area contributed by atoms with Gasteiger partial charge in [0.25, 0.3) is 17.5 Å². The highest BCUT2D eigenvalue weighted by Gasteiger charge is 2.15. The summed E-state index contributed by atoms with van der Waals surface area (Å²) < 4.78 is 0. The number of rotatable bonds is 5. The second kappa shape index (κ2) is 7.56. The van der Waals surface area contributed by atoms with Crippen LogP contribution in [-0.2, 0) is 6.54 Å². The lowest BCUT2D eigenvalue weighted by Crippen LogP contribution is -2.23. The Hall–Kier alpha value is -2.93. The van der Waals surface area contributed by atoms with Crippen LogP contribution in [0, 0.1) is 10.1 Å². The van der Waals surface area contributed by atoms with Crippen molar-refractivity contribution in [1.82, 2.24) is 10.6 Å². The summed E-state index contributed by atoms with van der Waals surface area (Å²) in [7, 11) is 1.55. The van der Waals surface area contributed by atoms with Crippen molar-refractivity contribution in [2.45, 2.75) is 6.54 Å². The topological polar surface area (TPSA) is 101 Å². The van der Waals surface area contributed by atoms with Crippen molar-refractivity contribution in [3.63, 3.8) is 0 Å². The summed E-state index contributed by atoms with van der Waals surface area (Å²) >= 11 is 5.79. The molecule has 2 N–H and O–H groups in total. The molecule has 0 aliphatic carbocycles. The number of hydrogen-bond donors (Lipinski definition) is 2. The quantitative estimate of drug-likeness (QED) is 0.641. The molecule has 0 atom stereocenters. The van der Waals surface area contributed by atoms with Crippen LogP contribution in [0.3, 0.4) is 0 Å². The molecule has 2 amide bonds. The van der Waals surface area contributed by atoms with E-state index in [1.54, 1.807) is 31.3 Å². The zero-order valence-electron chi connectivity index (χ0n) is 12.7. The fourth-order valence-electron chi connectivity index (χ4n) is 2.00. The van der Waals surface area contributed by atoms with Crippen molar-refractivity contribution < 1.29 is 14.5 Å². The zero-order valence-corrected chi connectivity index (χ0v) is 13.5. The summed E-state index contributed by atoms with van der Waals surface area (Å²) in [5, 5.41) is 15.8. The number of nitro groups is 1. The Morgan fingerprint density at radius 1 is 1.08 bits per heavy atom. The first kappa shape index (κ1) is 17.4. The summed E-state index contributed by atoms with van der Waals surface area (Å²) in [5.41, 5.74) is 1.31. The van der Waals surface area contributed by atoms with Gasteiger partial charge in [-0.25, -0.2) is 0 Å². The van der Waals surface area contributed by atoms with Crippen molar-refractivity contribution in [1.29, 1.82) is 0 Å². The van der Waals surface area contributed by atoms with Gasteiger partial charge in [0, 0.05) is 30.8 Å². The molecule has 8 heteroatoms. The van der Waals surface area contributed by atoms with Gasteiger partial charge in [-0.1, -0.05) is 23.7 Å². The van der Waals surface area contributed by atoms with Crippen LogP contribution in [0.15, 0.2) is 42.5 Å². The van der Waals surface area contributed by atoms with Crippen LogP contribution >= 0.6 is 11.6 Å². The number of carbonyl (C=O) groups excluding carboxylic acids is 2. The molecule has 0 aliphatic heterocycles. The largest absolute Gasteiger partial charge is 0.355 e. The third-order valence-electron chi connectivity index (χ3n) is 3.30. The smallest absolute Gasteiger partial charge is 0.287 e. The molecule has 0 heterocycles. The summed E-state index contributed by atoms with van der Waals surface area (Å²) in [6.45, 7) is 0.251. The first-order chi connectivity index (χ1) is 11.4. The highest BCUT2D eigenvalue weighted by Crippen LogP contribution is 2.24. The summed E-state index contributed by atoms with van der Waals surface area (Å²) in [6, 6.07) is 10.6. The molecule has 2 aromatic rings. The second-order valence-corrected chi connectivity index (χ2v) is 5.29. The average molecular weight is 348 g/mol. The van der Waals surface area contributed by atoms with Gasteiger partial charge in [-0.3, -0.25) is 19.7 Å². The Labute approximate surface area is 142 Å². The molecule has 0 radical (unpaired) electrons. The average Bonchev–Trinajstić information content (AvgIpc) is 2.59. The van der Waals surface area contributed by atoms with Gasteiger partial charge in [-0.05, 0) is 29.8 Å². The molecule has 2 rings (SSSR count). The van der Waals surface area contributed by atoms with E-state index in [2.05, 4.69) is 10.6 Å². The molecule has 2 aromatic carbocycles. The molecule has 0 unspecified atom stereocenters. The predicted octanol–water partition coefficient (Wildman–Crippen LogP) is 2.54. The minimum atomic E-state index is -0.613. The molecule has 124 valence electrons. The number of carbonyl (C=O) groups is 2. The Morgan fingerprint density at radius 2 is 1.71 bits per heavy atom. The second-order valence-electron chi connectivity index (χ2n) is 4.88. The van der Waals surface area contributed by atoms with E-state index in [0.717, 1.165) is 5.56 Å². The van der Waals surface area contributed by atoms with Gasteiger partial charge in [-0.15, -0.1) is 0 Å². The number of amides is 2. The molecule has 7 nitrogen and oxygen atoms in total. The molecule has 0 aromatic heterocycles. The lowest BCUT2D eigenvalue weighted by atomic mass is 10.1. The normalized spacial score (nSPS) is 10.1. The SMILES string of the molecule is CNC(=O)c1ccc(CNC(=O)c2ccc([N+](=O)[O-])c(Cl)c2)cc1. The van der Waals surface area contributed by atoms with Crippen molar-refractivity contribution in [2.24, 2.45) is 0 Å². The fourth-order valence-corrected chi connectivity index (χ4v) is 2.25. The maximum Gasteiger partial charge on any atom is 0.287 e. The Bertz CT molecular complexity index is 790. The number of halogens is 1. The molecule has 24 heavy (non-hydrogen) atoms. The summed E-state index contributed by atoms with van der Waals surface area (Å²) in [4.78, 5) is 33.6. The van der Waals surface area contributed by atoms with Crippen LogP contribution in [0.5, 0.6) is 0 Å².